The monoisotopic (exact) mass is 199 g/mol. The van der Waals surface area contributed by atoms with Gasteiger partial charge >= 0.3 is 0 Å². The molecule has 84 valence electrons. The van der Waals surface area contributed by atoms with Crippen molar-refractivity contribution in [3.05, 3.63) is 0 Å². The van der Waals surface area contributed by atoms with E-state index in [2.05, 4.69) is 19.2 Å². The van der Waals surface area contributed by atoms with Crippen molar-refractivity contribution in [2.24, 2.45) is 5.92 Å². The van der Waals surface area contributed by atoms with E-state index < -0.39 is 0 Å². The summed E-state index contributed by atoms with van der Waals surface area (Å²) in [6, 6.07) is 0.358. The first-order valence-electron chi connectivity index (χ1n) is 6.11. The van der Waals surface area contributed by atoms with Gasteiger partial charge in [-0.15, -0.1) is 0 Å². The maximum Gasteiger partial charge on any atom is 0.0693 e. The summed E-state index contributed by atoms with van der Waals surface area (Å²) in [5.74, 6) is 0.755. The third-order valence-corrected chi connectivity index (χ3v) is 3.11. The van der Waals surface area contributed by atoms with E-state index in [1.807, 2.05) is 0 Å². The van der Waals surface area contributed by atoms with Crippen molar-refractivity contribution in [1.82, 2.24) is 5.32 Å². The predicted octanol–water partition coefficient (Wildman–Crippen LogP) is 2.32. The fourth-order valence-electron chi connectivity index (χ4n) is 2.08. The van der Waals surface area contributed by atoms with Gasteiger partial charge in [-0.2, -0.15) is 0 Å². The molecule has 2 nitrogen and oxygen atoms in total. The zero-order valence-corrected chi connectivity index (χ0v) is 9.63. The quantitative estimate of drug-likeness (QED) is 0.681. The lowest BCUT2D eigenvalue weighted by molar-refractivity contribution is 0.119. The van der Waals surface area contributed by atoms with Crippen molar-refractivity contribution >= 4 is 0 Å². The van der Waals surface area contributed by atoms with Crippen LogP contribution in [-0.2, 0) is 0 Å². The molecule has 14 heavy (non-hydrogen) atoms. The van der Waals surface area contributed by atoms with E-state index >= 15 is 0 Å². The Labute approximate surface area is 88.1 Å². The van der Waals surface area contributed by atoms with Crippen LogP contribution in [0.15, 0.2) is 0 Å². The minimum absolute atomic E-state index is 0.107. The summed E-state index contributed by atoms with van der Waals surface area (Å²) in [7, 11) is 0. The maximum atomic E-state index is 9.85. The van der Waals surface area contributed by atoms with E-state index in [1.54, 1.807) is 0 Å². The van der Waals surface area contributed by atoms with E-state index in [9.17, 15) is 5.11 Å². The third-order valence-electron chi connectivity index (χ3n) is 3.11. The van der Waals surface area contributed by atoms with Crippen LogP contribution in [-0.4, -0.2) is 23.8 Å². The molecular formula is C12H25NO. The molecule has 0 radical (unpaired) electrons. The van der Waals surface area contributed by atoms with E-state index in [1.165, 1.54) is 25.7 Å². The van der Waals surface area contributed by atoms with Gasteiger partial charge in [-0.1, -0.05) is 33.1 Å². The van der Waals surface area contributed by atoms with Crippen LogP contribution in [0.3, 0.4) is 0 Å². The van der Waals surface area contributed by atoms with Gasteiger partial charge in [0.25, 0.3) is 0 Å². The number of nitrogens with one attached hydrogen (secondary N) is 1. The molecule has 2 atom stereocenters. The minimum atomic E-state index is -0.107. The number of rotatable bonds is 4. The van der Waals surface area contributed by atoms with Crippen LogP contribution >= 0.6 is 0 Å². The molecule has 1 fully saturated rings. The van der Waals surface area contributed by atoms with Gasteiger partial charge in [0.15, 0.2) is 0 Å². The molecule has 2 N–H and O–H groups in total. The molecule has 0 spiro atoms. The van der Waals surface area contributed by atoms with Gasteiger partial charge in [0.05, 0.1) is 6.10 Å². The van der Waals surface area contributed by atoms with Gasteiger partial charge < -0.3 is 10.4 Å². The van der Waals surface area contributed by atoms with Crippen molar-refractivity contribution in [3.63, 3.8) is 0 Å². The Bertz CT molecular complexity index is 147. The number of aliphatic hydroxyl groups excluding tert-OH is 1. The zero-order valence-electron chi connectivity index (χ0n) is 9.63. The van der Waals surface area contributed by atoms with Crippen molar-refractivity contribution in [3.8, 4) is 0 Å². The van der Waals surface area contributed by atoms with Crippen LogP contribution < -0.4 is 5.32 Å². The Hall–Kier alpha value is -0.0800. The molecular weight excluding hydrogens is 174 g/mol. The van der Waals surface area contributed by atoms with Crippen LogP contribution in [0.4, 0.5) is 0 Å². The molecule has 0 aromatic carbocycles. The van der Waals surface area contributed by atoms with Crippen molar-refractivity contribution in [1.29, 1.82) is 0 Å². The summed E-state index contributed by atoms with van der Waals surface area (Å²) in [6.45, 7) is 5.54. The summed E-state index contributed by atoms with van der Waals surface area (Å²) in [6.07, 6.45) is 7.01. The highest BCUT2D eigenvalue weighted by Gasteiger charge is 2.20. The Morgan fingerprint density at radius 3 is 2.64 bits per heavy atom. The summed E-state index contributed by atoms with van der Waals surface area (Å²) in [5, 5.41) is 13.3. The van der Waals surface area contributed by atoms with Gasteiger partial charge in [-0.25, -0.2) is 0 Å². The molecule has 1 rings (SSSR count). The van der Waals surface area contributed by atoms with E-state index in [0.717, 1.165) is 25.3 Å². The van der Waals surface area contributed by atoms with Crippen LogP contribution in [0.2, 0.25) is 0 Å². The highest BCUT2D eigenvalue weighted by Crippen LogP contribution is 2.18. The second-order valence-electron chi connectivity index (χ2n) is 4.95. The normalized spacial score (nSPS) is 29.1. The smallest absolute Gasteiger partial charge is 0.0693 e. The van der Waals surface area contributed by atoms with Crippen molar-refractivity contribution in [2.75, 3.05) is 6.54 Å². The van der Waals surface area contributed by atoms with E-state index in [4.69, 9.17) is 0 Å². The largest absolute Gasteiger partial charge is 0.392 e. The fourth-order valence-corrected chi connectivity index (χ4v) is 2.08. The first kappa shape index (κ1) is 12.0. The molecule has 1 aliphatic carbocycles. The standard InChI is InChI=1S/C12H25NO/c1-10(2)8-9-13-11-6-4-3-5-7-12(11)14/h10-14H,3-9H2,1-2H3. The third kappa shape index (κ3) is 4.43. The molecule has 1 saturated carbocycles. The Morgan fingerprint density at radius 1 is 1.21 bits per heavy atom. The van der Waals surface area contributed by atoms with E-state index in [-0.39, 0.29) is 6.10 Å². The van der Waals surface area contributed by atoms with Gasteiger partial charge in [0.1, 0.15) is 0 Å². The highest BCUT2D eigenvalue weighted by atomic mass is 16.3. The molecule has 0 heterocycles. The van der Waals surface area contributed by atoms with Crippen LogP contribution in [0, 0.1) is 5.92 Å². The molecule has 2 heteroatoms. The number of hydrogen-bond acceptors (Lipinski definition) is 2. The van der Waals surface area contributed by atoms with Crippen molar-refractivity contribution in [2.45, 2.75) is 64.5 Å². The lowest BCUT2D eigenvalue weighted by Crippen LogP contribution is -2.39. The van der Waals surface area contributed by atoms with Gasteiger partial charge in [0.2, 0.25) is 0 Å². The molecule has 1 aliphatic rings. The lowest BCUT2D eigenvalue weighted by Gasteiger charge is -2.22. The molecule has 0 saturated heterocycles. The Morgan fingerprint density at radius 2 is 1.93 bits per heavy atom. The minimum Gasteiger partial charge on any atom is -0.392 e. The molecule has 0 amide bonds. The molecule has 0 aliphatic heterocycles. The molecule has 0 bridgehead atoms. The van der Waals surface area contributed by atoms with Gasteiger partial charge in [-0.05, 0) is 31.7 Å². The van der Waals surface area contributed by atoms with Crippen molar-refractivity contribution < 1.29 is 5.11 Å². The lowest BCUT2D eigenvalue weighted by atomic mass is 10.1. The molecule has 0 aromatic rings. The summed E-state index contributed by atoms with van der Waals surface area (Å²) in [4.78, 5) is 0. The maximum absolute atomic E-state index is 9.85. The fraction of sp³-hybridized carbons (Fsp3) is 1.00. The van der Waals surface area contributed by atoms with Gasteiger partial charge in [0, 0.05) is 6.04 Å². The summed E-state index contributed by atoms with van der Waals surface area (Å²) < 4.78 is 0. The van der Waals surface area contributed by atoms with Crippen LogP contribution in [0.1, 0.15) is 52.4 Å². The number of hydrogen-bond donors (Lipinski definition) is 2. The highest BCUT2D eigenvalue weighted by molar-refractivity contribution is 4.78. The van der Waals surface area contributed by atoms with Crippen LogP contribution in [0.5, 0.6) is 0 Å². The predicted molar refractivity (Wildman–Crippen MR) is 60.3 cm³/mol. The summed E-state index contributed by atoms with van der Waals surface area (Å²) >= 11 is 0. The van der Waals surface area contributed by atoms with Crippen LogP contribution in [0.25, 0.3) is 0 Å². The average Bonchev–Trinajstić information content (AvgIpc) is 2.31. The second kappa shape index (κ2) is 6.41. The topological polar surface area (TPSA) is 32.3 Å². The average molecular weight is 199 g/mol. The van der Waals surface area contributed by atoms with E-state index in [0.29, 0.717) is 6.04 Å². The van der Waals surface area contributed by atoms with Gasteiger partial charge in [-0.3, -0.25) is 0 Å². The molecule has 0 aromatic heterocycles. The first-order valence-corrected chi connectivity index (χ1v) is 6.11. The Kier molecular flexibility index (Phi) is 5.49. The summed E-state index contributed by atoms with van der Waals surface area (Å²) in [5.41, 5.74) is 0. The SMILES string of the molecule is CC(C)CCNC1CCCCCC1O. The second-order valence-corrected chi connectivity index (χ2v) is 4.95. The number of aliphatic hydroxyl groups is 1. The zero-order chi connectivity index (χ0) is 10.4. The first-order chi connectivity index (χ1) is 6.70. The Balaban J connectivity index is 2.19. The molecule has 2 unspecified atom stereocenters.